The number of carbonyl (C=O) groups is 2. The second-order valence-corrected chi connectivity index (χ2v) is 5.32. The molecule has 0 bridgehead atoms. The maximum atomic E-state index is 12.2. The molecule has 0 atom stereocenters. The third kappa shape index (κ3) is 5.15. The van der Waals surface area contributed by atoms with Crippen LogP contribution in [0, 0.1) is 5.92 Å². The van der Waals surface area contributed by atoms with Crippen molar-refractivity contribution in [3.63, 3.8) is 0 Å². The molecule has 0 heterocycles. The lowest BCUT2D eigenvalue weighted by atomic mass is 10.0. The van der Waals surface area contributed by atoms with Gasteiger partial charge in [-0.25, -0.2) is 0 Å². The fourth-order valence-electron chi connectivity index (χ4n) is 2.33. The Balaban J connectivity index is 2.89. The Kier molecular flexibility index (Phi) is 7.60. The number of nitrogens with one attached hydrogen (secondary N) is 2. The van der Waals surface area contributed by atoms with Crippen LogP contribution < -0.4 is 16.4 Å². The molecule has 22 heavy (non-hydrogen) atoms. The minimum Gasteiger partial charge on any atom is -0.330 e. The Bertz CT molecular complexity index is 511. The number of aryl methyl sites for hydroxylation is 1. The van der Waals surface area contributed by atoms with Crippen molar-refractivity contribution in [3.8, 4) is 0 Å². The first-order chi connectivity index (χ1) is 10.5. The van der Waals surface area contributed by atoms with Crippen molar-refractivity contribution in [2.24, 2.45) is 11.7 Å². The summed E-state index contributed by atoms with van der Waals surface area (Å²) in [7, 11) is 0. The molecule has 0 aliphatic rings. The van der Waals surface area contributed by atoms with E-state index < -0.39 is 0 Å². The quantitative estimate of drug-likeness (QED) is 0.690. The minimum atomic E-state index is -0.110. The van der Waals surface area contributed by atoms with Gasteiger partial charge in [0.1, 0.15) is 0 Å². The molecule has 0 unspecified atom stereocenters. The predicted octanol–water partition coefficient (Wildman–Crippen LogP) is 2.91. The molecule has 0 saturated heterocycles. The van der Waals surface area contributed by atoms with Crippen LogP contribution in [-0.4, -0.2) is 18.4 Å². The molecule has 1 aromatic rings. The summed E-state index contributed by atoms with van der Waals surface area (Å²) in [6, 6.07) is 5.62. The first kappa shape index (κ1) is 18.2. The number of amides is 2. The van der Waals surface area contributed by atoms with E-state index in [1.165, 1.54) is 0 Å². The van der Waals surface area contributed by atoms with Gasteiger partial charge in [0.2, 0.25) is 11.8 Å². The molecule has 0 saturated carbocycles. The monoisotopic (exact) mass is 305 g/mol. The van der Waals surface area contributed by atoms with Crippen molar-refractivity contribution in [2.75, 3.05) is 17.2 Å². The molecule has 0 aliphatic carbocycles. The Morgan fingerprint density at radius 2 is 1.82 bits per heavy atom. The van der Waals surface area contributed by atoms with E-state index in [1.807, 2.05) is 39.0 Å². The molecule has 2 amide bonds. The molecular formula is C17H27N3O2. The second kappa shape index (κ2) is 9.20. The van der Waals surface area contributed by atoms with E-state index in [2.05, 4.69) is 10.6 Å². The van der Waals surface area contributed by atoms with Gasteiger partial charge in [-0.05, 0) is 37.0 Å². The van der Waals surface area contributed by atoms with Crippen LogP contribution in [-0.2, 0) is 16.0 Å². The molecule has 0 radical (unpaired) electrons. The lowest BCUT2D eigenvalue weighted by Crippen LogP contribution is -2.22. The van der Waals surface area contributed by atoms with Crippen LogP contribution in [0.2, 0.25) is 0 Å². The minimum absolute atomic E-state index is 0.0149. The van der Waals surface area contributed by atoms with Gasteiger partial charge in [-0.2, -0.15) is 0 Å². The first-order valence-corrected chi connectivity index (χ1v) is 7.99. The van der Waals surface area contributed by atoms with Gasteiger partial charge in [0.15, 0.2) is 0 Å². The van der Waals surface area contributed by atoms with Gasteiger partial charge < -0.3 is 16.4 Å². The topological polar surface area (TPSA) is 84.2 Å². The fourth-order valence-corrected chi connectivity index (χ4v) is 2.33. The average Bonchev–Trinajstić information content (AvgIpc) is 2.49. The molecule has 5 heteroatoms. The highest BCUT2D eigenvalue weighted by atomic mass is 16.2. The van der Waals surface area contributed by atoms with Gasteiger partial charge in [-0.15, -0.1) is 0 Å². The number of nitrogens with two attached hydrogens (primary N) is 1. The summed E-state index contributed by atoms with van der Waals surface area (Å²) in [5.74, 6) is -0.0738. The van der Waals surface area contributed by atoms with Crippen LogP contribution in [0.25, 0.3) is 0 Å². The predicted molar refractivity (Wildman–Crippen MR) is 90.8 cm³/mol. The molecule has 122 valence electrons. The van der Waals surface area contributed by atoms with Crippen LogP contribution in [0.3, 0.4) is 0 Å². The van der Waals surface area contributed by atoms with Crippen molar-refractivity contribution in [3.05, 3.63) is 23.8 Å². The summed E-state index contributed by atoms with van der Waals surface area (Å²) < 4.78 is 0. The van der Waals surface area contributed by atoms with Gasteiger partial charge in [-0.1, -0.05) is 26.8 Å². The molecule has 0 spiro atoms. The van der Waals surface area contributed by atoms with Gasteiger partial charge >= 0.3 is 0 Å². The lowest BCUT2D eigenvalue weighted by molar-refractivity contribution is -0.120. The summed E-state index contributed by atoms with van der Waals surface area (Å²) >= 11 is 0. The van der Waals surface area contributed by atoms with Crippen molar-refractivity contribution in [1.29, 1.82) is 0 Å². The van der Waals surface area contributed by atoms with Gasteiger partial charge in [0.05, 0.1) is 0 Å². The third-order valence-electron chi connectivity index (χ3n) is 3.76. The Labute approximate surface area is 132 Å². The van der Waals surface area contributed by atoms with Crippen molar-refractivity contribution >= 4 is 23.2 Å². The highest BCUT2D eigenvalue weighted by molar-refractivity contribution is 5.95. The van der Waals surface area contributed by atoms with E-state index in [1.54, 1.807) is 0 Å². The fraction of sp³-hybridized carbons (Fsp3) is 0.529. The standard InChI is InChI=1S/C17H27N3O2/c1-4-12(5-2)17(22)19-14-8-7-13(6-3)15(11-14)20-16(21)9-10-18/h7-8,11-12H,4-6,9-10,18H2,1-3H3,(H,19,22)(H,20,21). The van der Waals surface area contributed by atoms with Crippen LogP contribution in [0.15, 0.2) is 18.2 Å². The van der Waals surface area contributed by atoms with Gasteiger partial charge in [0.25, 0.3) is 0 Å². The number of benzene rings is 1. The molecule has 4 N–H and O–H groups in total. The zero-order chi connectivity index (χ0) is 16.5. The number of carbonyl (C=O) groups excluding carboxylic acids is 2. The van der Waals surface area contributed by atoms with Crippen molar-refractivity contribution < 1.29 is 9.59 Å². The highest BCUT2D eigenvalue weighted by Gasteiger charge is 2.15. The van der Waals surface area contributed by atoms with Crippen LogP contribution in [0.1, 0.15) is 45.6 Å². The third-order valence-corrected chi connectivity index (χ3v) is 3.76. The molecule has 5 nitrogen and oxygen atoms in total. The second-order valence-electron chi connectivity index (χ2n) is 5.32. The average molecular weight is 305 g/mol. The summed E-state index contributed by atoms with van der Waals surface area (Å²) in [5.41, 5.74) is 7.87. The molecule has 0 aromatic heterocycles. The SMILES string of the molecule is CCc1ccc(NC(=O)C(CC)CC)cc1NC(=O)CCN. The van der Waals surface area contributed by atoms with Crippen LogP contribution in [0.5, 0.6) is 0 Å². The molecule has 1 rings (SSSR count). The molecule has 0 fully saturated rings. The Morgan fingerprint density at radius 3 is 2.36 bits per heavy atom. The maximum absolute atomic E-state index is 12.2. The maximum Gasteiger partial charge on any atom is 0.227 e. The molecular weight excluding hydrogens is 278 g/mol. The summed E-state index contributed by atoms with van der Waals surface area (Å²) in [6.45, 7) is 6.35. The highest BCUT2D eigenvalue weighted by Crippen LogP contribution is 2.23. The van der Waals surface area contributed by atoms with E-state index >= 15 is 0 Å². The first-order valence-electron chi connectivity index (χ1n) is 7.99. The van der Waals surface area contributed by atoms with E-state index in [0.717, 1.165) is 30.5 Å². The molecule has 0 aliphatic heterocycles. The summed E-state index contributed by atoms with van der Waals surface area (Å²) in [4.78, 5) is 23.9. The van der Waals surface area contributed by atoms with Crippen molar-refractivity contribution in [1.82, 2.24) is 0 Å². The Hall–Kier alpha value is -1.88. The summed E-state index contributed by atoms with van der Waals surface area (Å²) in [5, 5.41) is 5.79. The summed E-state index contributed by atoms with van der Waals surface area (Å²) in [6.07, 6.45) is 2.72. The number of rotatable bonds is 8. The Morgan fingerprint density at radius 1 is 1.14 bits per heavy atom. The van der Waals surface area contributed by atoms with Crippen molar-refractivity contribution in [2.45, 2.75) is 46.5 Å². The normalized spacial score (nSPS) is 10.6. The smallest absolute Gasteiger partial charge is 0.227 e. The number of hydrogen-bond acceptors (Lipinski definition) is 3. The zero-order valence-electron chi connectivity index (χ0n) is 13.7. The zero-order valence-corrected chi connectivity index (χ0v) is 13.7. The van der Waals surface area contributed by atoms with Gasteiger partial charge in [-0.3, -0.25) is 9.59 Å². The largest absolute Gasteiger partial charge is 0.330 e. The number of anilines is 2. The molecule has 1 aromatic carbocycles. The van der Waals surface area contributed by atoms with Crippen LogP contribution >= 0.6 is 0 Å². The number of hydrogen-bond donors (Lipinski definition) is 3. The van der Waals surface area contributed by atoms with E-state index in [9.17, 15) is 9.59 Å². The van der Waals surface area contributed by atoms with Gasteiger partial charge in [0, 0.05) is 30.3 Å². The van der Waals surface area contributed by atoms with E-state index in [0.29, 0.717) is 12.2 Å². The van der Waals surface area contributed by atoms with E-state index in [-0.39, 0.29) is 24.2 Å². The lowest BCUT2D eigenvalue weighted by Gasteiger charge is -2.15. The van der Waals surface area contributed by atoms with E-state index in [4.69, 9.17) is 5.73 Å². The van der Waals surface area contributed by atoms with Crippen LogP contribution in [0.4, 0.5) is 11.4 Å².